The van der Waals surface area contributed by atoms with Crippen LogP contribution in [0, 0.1) is 0 Å². The minimum Gasteiger partial charge on any atom is -0.379 e. The van der Waals surface area contributed by atoms with Gasteiger partial charge < -0.3 is 10.0 Å². The summed E-state index contributed by atoms with van der Waals surface area (Å²) in [4.78, 5) is 2.67. The monoisotopic (exact) mass is 369 g/mol. The molecule has 1 aliphatic heterocycles. The molecule has 3 heterocycles. The molecule has 25 heavy (non-hydrogen) atoms. The lowest BCUT2D eigenvalue weighted by molar-refractivity contribution is -0.205. The van der Waals surface area contributed by atoms with E-state index in [2.05, 4.69) is 15.2 Å². The predicted molar refractivity (Wildman–Crippen MR) is 87.6 cm³/mol. The van der Waals surface area contributed by atoms with E-state index in [9.17, 15) is 18.3 Å². The lowest BCUT2D eigenvalue weighted by atomic mass is 10.1. The third kappa shape index (κ3) is 2.98. The average molecular weight is 369 g/mol. The average Bonchev–Trinajstić information content (AvgIpc) is 3.31. The smallest absolute Gasteiger partial charge is 0.379 e. The summed E-state index contributed by atoms with van der Waals surface area (Å²) in [5.74, 6) is 0. The van der Waals surface area contributed by atoms with Gasteiger partial charge in [0.25, 0.3) is 0 Å². The van der Waals surface area contributed by atoms with Crippen molar-refractivity contribution in [3.8, 4) is 10.4 Å². The first-order chi connectivity index (χ1) is 11.9. The quantitative estimate of drug-likeness (QED) is 0.752. The van der Waals surface area contributed by atoms with E-state index < -0.39 is 12.3 Å². The number of thiophene rings is 1. The van der Waals surface area contributed by atoms with Gasteiger partial charge in [-0.2, -0.15) is 13.2 Å². The van der Waals surface area contributed by atoms with E-state index in [-0.39, 0.29) is 4.88 Å². The van der Waals surface area contributed by atoms with Gasteiger partial charge in [0.2, 0.25) is 0 Å². The molecule has 0 aliphatic carbocycles. The van der Waals surface area contributed by atoms with Gasteiger partial charge in [-0.15, -0.1) is 11.3 Å². The second-order valence-electron chi connectivity index (χ2n) is 5.97. The molecule has 5 nitrogen and oxygen atoms in total. The van der Waals surface area contributed by atoms with E-state index in [4.69, 9.17) is 4.63 Å². The van der Waals surface area contributed by atoms with Crippen molar-refractivity contribution in [2.75, 3.05) is 18.0 Å². The van der Waals surface area contributed by atoms with Crippen molar-refractivity contribution in [1.82, 2.24) is 10.3 Å². The van der Waals surface area contributed by atoms with Crippen LogP contribution in [0.15, 0.2) is 28.9 Å². The number of nitrogens with zero attached hydrogens (tertiary/aromatic N) is 3. The number of anilines is 1. The minimum absolute atomic E-state index is 0.136. The van der Waals surface area contributed by atoms with Gasteiger partial charge in [-0.3, -0.25) is 0 Å². The van der Waals surface area contributed by atoms with Crippen LogP contribution in [0.5, 0.6) is 0 Å². The number of alkyl halides is 3. The van der Waals surface area contributed by atoms with Crippen LogP contribution >= 0.6 is 11.3 Å². The maximum absolute atomic E-state index is 12.7. The molecule has 1 unspecified atom stereocenters. The van der Waals surface area contributed by atoms with Crippen molar-refractivity contribution in [3.63, 3.8) is 0 Å². The number of aliphatic hydroxyl groups excluding tert-OH is 1. The Bertz CT molecular complexity index is 900. The van der Waals surface area contributed by atoms with Crippen molar-refractivity contribution >= 4 is 28.1 Å². The molecule has 132 valence electrons. The van der Waals surface area contributed by atoms with E-state index in [1.807, 2.05) is 6.07 Å². The molecule has 0 saturated carbocycles. The first-order valence-corrected chi connectivity index (χ1v) is 8.61. The molecule has 0 amide bonds. The van der Waals surface area contributed by atoms with Gasteiger partial charge in [-0.05, 0) is 53.0 Å². The summed E-state index contributed by atoms with van der Waals surface area (Å²) in [6.07, 6.45) is -4.99. The third-order valence-corrected chi connectivity index (χ3v) is 5.47. The largest absolute Gasteiger partial charge is 0.419 e. The van der Waals surface area contributed by atoms with Gasteiger partial charge in [-0.25, -0.2) is 4.63 Å². The molecule has 1 aliphatic rings. The molecule has 1 atom stereocenters. The molecule has 1 saturated heterocycles. The molecule has 3 aromatic rings. The highest BCUT2D eigenvalue weighted by Crippen LogP contribution is 2.40. The predicted octanol–water partition coefficient (Wildman–Crippen LogP) is 4.15. The highest BCUT2D eigenvalue weighted by Gasteiger charge is 2.40. The van der Waals surface area contributed by atoms with Crippen molar-refractivity contribution in [1.29, 1.82) is 0 Å². The van der Waals surface area contributed by atoms with E-state index >= 15 is 0 Å². The molecule has 0 radical (unpaired) electrons. The Balaban J connectivity index is 1.76. The highest BCUT2D eigenvalue weighted by atomic mass is 32.1. The number of benzene rings is 1. The maximum Gasteiger partial charge on any atom is 0.419 e. The van der Waals surface area contributed by atoms with Gasteiger partial charge in [-0.1, -0.05) is 0 Å². The Kier molecular flexibility index (Phi) is 3.92. The molecule has 0 spiro atoms. The second-order valence-corrected chi connectivity index (χ2v) is 7.08. The van der Waals surface area contributed by atoms with Crippen molar-refractivity contribution in [2.45, 2.75) is 25.1 Å². The third-order valence-electron chi connectivity index (χ3n) is 4.28. The van der Waals surface area contributed by atoms with E-state index in [0.717, 1.165) is 48.5 Å². The van der Waals surface area contributed by atoms with E-state index in [1.54, 1.807) is 12.1 Å². The first-order valence-electron chi connectivity index (χ1n) is 7.79. The molecular weight excluding hydrogens is 355 g/mol. The SMILES string of the molecule is OC(c1ccc(-c2cc(N3CCCC3)c3nonc3c2)s1)C(F)(F)F. The summed E-state index contributed by atoms with van der Waals surface area (Å²) < 4.78 is 42.9. The fraction of sp³-hybridized carbons (Fsp3) is 0.375. The highest BCUT2D eigenvalue weighted by molar-refractivity contribution is 7.15. The fourth-order valence-electron chi connectivity index (χ4n) is 3.03. The van der Waals surface area contributed by atoms with Crippen LogP contribution in [0.2, 0.25) is 0 Å². The van der Waals surface area contributed by atoms with Crippen LogP contribution in [-0.2, 0) is 0 Å². The zero-order valence-corrected chi connectivity index (χ0v) is 13.8. The molecule has 2 aromatic heterocycles. The molecule has 4 rings (SSSR count). The normalized spacial score (nSPS) is 16.7. The lowest BCUT2D eigenvalue weighted by Gasteiger charge is -2.18. The number of aromatic nitrogens is 2. The molecule has 9 heteroatoms. The van der Waals surface area contributed by atoms with Crippen molar-refractivity contribution < 1.29 is 22.9 Å². The van der Waals surface area contributed by atoms with Crippen LogP contribution < -0.4 is 4.90 Å². The number of rotatable bonds is 3. The van der Waals surface area contributed by atoms with Crippen LogP contribution in [0.25, 0.3) is 21.5 Å². The Morgan fingerprint density at radius 2 is 1.92 bits per heavy atom. The van der Waals surface area contributed by atoms with Gasteiger partial charge >= 0.3 is 6.18 Å². The summed E-state index contributed by atoms with van der Waals surface area (Å²) in [5, 5.41) is 17.3. The second kappa shape index (κ2) is 5.99. The van der Waals surface area contributed by atoms with Crippen molar-refractivity contribution in [3.05, 3.63) is 29.1 Å². The van der Waals surface area contributed by atoms with Crippen LogP contribution in [0.4, 0.5) is 18.9 Å². The minimum atomic E-state index is -4.68. The van der Waals surface area contributed by atoms with Crippen LogP contribution in [0.1, 0.15) is 23.8 Å². The Hall–Kier alpha value is -2.13. The first kappa shape index (κ1) is 16.3. The summed E-state index contributed by atoms with van der Waals surface area (Å²) in [5.41, 5.74) is 2.82. The number of aliphatic hydroxyl groups is 1. The number of hydrogen-bond donors (Lipinski definition) is 1. The van der Waals surface area contributed by atoms with Crippen LogP contribution in [0.3, 0.4) is 0 Å². The number of halogens is 3. The van der Waals surface area contributed by atoms with E-state index in [0.29, 0.717) is 15.9 Å². The molecular formula is C16H14F3N3O2S. The molecule has 1 fully saturated rings. The zero-order chi connectivity index (χ0) is 17.6. The maximum atomic E-state index is 12.7. The van der Waals surface area contributed by atoms with Gasteiger partial charge in [0, 0.05) is 22.8 Å². The Morgan fingerprint density at radius 1 is 1.16 bits per heavy atom. The lowest BCUT2D eigenvalue weighted by Crippen LogP contribution is -2.18. The Labute approximate surface area is 144 Å². The summed E-state index contributed by atoms with van der Waals surface area (Å²) >= 11 is 0.916. The summed E-state index contributed by atoms with van der Waals surface area (Å²) in [6, 6.07) is 6.52. The molecule has 0 bridgehead atoms. The zero-order valence-electron chi connectivity index (χ0n) is 13.0. The topological polar surface area (TPSA) is 62.4 Å². The number of hydrogen-bond acceptors (Lipinski definition) is 6. The summed E-state index contributed by atoms with van der Waals surface area (Å²) in [6.45, 7) is 1.79. The van der Waals surface area contributed by atoms with Gasteiger partial charge in [0.15, 0.2) is 11.6 Å². The van der Waals surface area contributed by atoms with Crippen LogP contribution in [-0.4, -0.2) is 34.7 Å². The molecule has 1 N–H and O–H groups in total. The fourth-order valence-corrected chi connectivity index (χ4v) is 4.04. The van der Waals surface area contributed by atoms with E-state index in [1.165, 1.54) is 6.07 Å². The Morgan fingerprint density at radius 3 is 2.64 bits per heavy atom. The van der Waals surface area contributed by atoms with Crippen molar-refractivity contribution in [2.24, 2.45) is 0 Å². The standard InChI is InChI=1S/C16H14F3N3O2S/c17-16(18,19)15(23)13-4-3-12(25-13)9-7-10-14(21-24-20-10)11(8-9)22-5-1-2-6-22/h3-4,7-8,15,23H,1-2,5-6H2. The number of fused-ring (bicyclic) bond motifs is 1. The molecule has 1 aromatic carbocycles. The van der Waals surface area contributed by atoms with Gasteiger partial charge in [0.05, 0.1) is 5.69 Å². The van der Waals surface area contributed by atoms with Gasteiger partial charge in [0.1, 0.15) is 5.52 Å². The summed E-state index contributed by atoms with van der Waals surface area (Å²) in [7, 11) is 0.